The lowest BCUT2D eigenvalue weighted by molar-refractivity contribution is -0.146. The average molecular weight is 730 g/mol. The first-order valence-corrected chi connectivity index (χ1v) is 19.3. The fraction of sp³-hybridized carbons (Fsp3) is 0.605. The number of likely N-dealkylation sites (tertiary alicyclic amines) is 1. The summed E-state index contributed by atoms with van der Waals surface area (Å²) >= 11 is 0. The molecule has 1 aliphatic carbocycles. The lowest BCUT2D eigenvalue weighted by atomic mass is 9.76. The Kier molecular flexibility index (Phi) is 13.6. The van der Waals surface area contributed by atoms with E-state index >= 15 is 0 Å². The topological polar surface area (TPSA) is 151 Å². The van der Waals surface area contributed by atoms with E-state index in [9.17, 15) is 33.6 Å². The molecule has 53 heavy (non-hydrogen) atoms. The predicted octanol–water partition coefficient (Wildman–Crippen LogP) is 6.48. The van der Waals surface area contributed by atoms with Crippen LogP contribution < -0.4 is 10.9 Å². The second-order valence-corrected chi connectivity index (χ2v) is 17.5. The van der Waals surface area contributed by atoms with Crippen LogP contribution in [0.15, 0.2) is 53.3 Å². The maximum absolute atomic E-state index is 14.7. The zero-order chi connectivity index (χ0) is 39.2. The van der Waals surface area contributed by atoms with Gasteiger partial charge in [-0.25, -0.2) is 0 Å². The smallest absolute Gasteiger partial charge is 0.248 e. The minimum atomic E-state index is -1.00. The summed E-state index contributed by atoms with van der Waals surface area (Å²) in [7, 11) is 0. The summed E-state index contributed by atoms with van der Waals surface area (Å²) in [6.45, 7) is 15.3. The molecule has 0 spiro atoms. The number of fused-ring (bicyclic) bond motifs is 1. The first-order valence-electron chi connectivity index (χ1n) is 19.3. The molecule has 288 valence electrons. The van der Waals surface area contributed by atoms with Crippen LogP contribution in [0.3, 0.4) is 0 Å². The molecule has 10 nitrogen and oxygen atoms in total. The zero-order valence-corrected chi connectivity index (χ0v) is 32.8. The van der Waals surface area contributed by atoms with E-state index in [1.807, 2.05) is 85.7 Å². The number of hydrogen-bond acceptors (Lipinski definition) is 7. The lowest BCUT2D eigenvalue weighted by Crippen LogP contribution is -2.59. The summed E-state index contributed by atoms with van der Waals surface area (Å²) in [5, 5.41) is 3.00. The normalized spacial score (nSPS) is 20.9. The van der Waals surface area contributed by atoms with Gasteiger partial charge in [0.1, 0.15) is 6.04 Å². The van der Waals surface area contributed by atoms with Gasteiger partial charge in [-0.1, -0.05) is 105 Å². The van der Waals surface area contributed by atoms with Gasteiger partial charge in [0.25, 0.3) is 0 Å². The number of amides is 2. The summed E-state index contributed by atoms with van der Waals surface area (Å²) in [5.41, 5.74) is -0.754. The molecule has 0 radical (unpaired) electrons. The summed E-state index contributed by atoms with van der Waals surface area (Å²) in [6.07, 6.45) is 3.41. The number of rotatable bonds is 16. The fourth-order valence-electron chi connectivity index (χ4n) is 8.24. The molecule has 2 aliphatic rings. The Labute approximate surface area is 314 Å². The van der Waals surface area contributed by atoms with Crippen LogP contribution in [0.25, 0.3) is 0 Å². The molecule has 2 heterocycles. The van der Waals surface area contributed by atoms with Crippen molar-refractivity contribution in [3.63, 3.8) is 0 Å². The predicted molar refractivity (Wildman–Crippen MR) is 204 cm³/mol. The van der Waals surface area contributed by atoms with E-state index < -0.39 is 63.6 Å². The molecule has 1 aliphatic heterocycles. The highest BCUT2D eigenvalue weighted by Crippen LogP contribution is 2.44. The number of aromatic nitrogens is 1. The van der Waals surface area contributed by atoms with E-state index in [0.29, 0.717) is 19.4 Å². The van der Waals surface area contributed by atoms with Crippen LogP contribution in [-0.4, -0.2) is 63.5 Å². The monoisotopic (exact) mass is 729 g/mol. The molecule has 2 N–H and O–H groups in total. The second-order valence-electron chi connectivity index (χ2n) is 17.5. The molecule has 2 amide bonds. The third kappa shape index (κ3) is 10.3. The molecular weight excluding hydrogens is 670 g/mol. The Morgan fingerprint density at radius 2 is 1.55 bits per heavy atom. The van der Waals surface area contributed by atoms with Crippen molar-refractivity contribution in [2.45, 2.75) is 125 Å². The highest BCUT2D eigenvalue weighted by atomic mass is 16.2. The van der Waals surface area contributed by atoms with Gasteiger partial charge in [0.15, 0.2) is 17.3 Å². The van der Waals surface area contributed by atoms with Crippen molar-refractivity contribution in [3.05, 3.63) is 70.1 Å². The number of pyridine rings is 1. The van der Waals surface area contributed by atoms with E-state index in [-0.39, 0.29) is 54.4 Å². The number of ketones is 4. The quantitative estimate of drug-likeness (QED) is 0.148. The van der Waals surface area contributed by atoms with E-state index in [0.717, 1.165) is 24.8 Å². The molecule has 0 bridgehead atoms. The van der Waals surface area contributed by atoms with Crippen molar-refractivity contribution in [1.82, 2.24) is 15.2 Å². The Bertz CT molecular complexity index is 1720. The van der Waals surface area contributed by atoms with Gasteiger partial charge in [0.05, 0.1) is 17.7 Å². The van der Waals surface area contributed by atoms with Crippen molar-refractivity contribution in [2.75, 3.05) is 6.54 Å². The van der Waals surface area contributed by atoms with Gasteiger partial charge >= 0.3 is 0 Å². The zero-order valence-electron chi connectivity index (χ0n) is 32.8. The van der Waals surface area contributed by atoms with E-state index in [4.69, 9.17) is 0 Å². The minimum absolute atomic E-state index is 0.0538. The highest BCUT2D eigenvalue weighted by molar-refractivity contribution is 6.38. The highest BCUT2D eigenvalue weighted by Gasteiger charge is 2.52. The van der Waals surface area contributed by atoms with Crippen LogP contribution in [0.1, 0.15) is 129 Å². The molecule has 1 aromatic heterocycles. The number of H-pyrrole nitrogens is 1. The summed E-state index contributed by atoms with van der Waals surface area (Å²) in [6, 6.07) is 12.1. The molecule has 1 aromatic carbocycles. The second kappa shape index (κ2) is 17.3. The lowest BCUT2D eigenvalue weighted by Gasteiger charge is -2.38. The number of carbonyl (C=O) groups excluding carboxylic acids is 6. The van der Waals surface area contributed by atoms with Crippen LogP contribution in [0, 0.1) is 34.5 Å². The van der Waals surface area contributed by atoms with Gasteiger partial charge in [-0.2, -0.15) is 0 Å². The van der Waals surface area contributed by atoms with Crippen LogP contribution >= 0.6 is 0 Å². The molecule has 7 atom stereocenters. The number of hydrogen-bond donors (Lipinski definition) is 2. The van der Waals surface area contributed by atoms with Crippen molar-refractivity contribution < 1.29 is 28.8 Å². The third-order valence-corrected chi connectivity index (χ3v) is 11.3. The van der Waals surface area contributed by atoms with Crippen molar-refractivity contribution >= 4 is 34.9 Å². The molecule has 4 rings (SSSR count). The molecule has 2 aromatic rings. The van der Waals surface area contributed by atoms with Gasteiger partial charge < -0.3 is 15.2 Å². The Hall–Kier alpha value is -4.21. The fourth-order valence-corrected chi connectivity index (χ4v) is 8.24. The van der Waals surface area contributed by atoms with Crippen LogP contribution in [0.2, 0.25) is 0 Å². The number of nitrogens with one attached hydrogen (secondary N) is 2. The molecule has 2 fully saturated rings. The van der Waals surface area contributed by atoms with Gasteiger partial charge in [-0.15, -0.1) is 0 Å². The molecular formula is C43H59N3O7. The largest absolute Gasteiger partial charge is 0.344 e. The number of benzene rings is 1. The van der Waals surface area contributed by atoms with E-state index in [2.05, 4.69) is 10.3 Å². The van der Waals surface area contributed by atoms with Crippen molar-refractivity contribution in [3.8, 4) is 0 Å². The van der Waals surface area contributed by atoms with Crippen LogP contribution in [0.5, 0.6) is 0 Å². The first-order chi connectivity index (χ1) is 24.8. The minimum Gasteiger partial charge on any atom is -0.344 e. The molecule has 1 unspecified atom stereocenters. The van der Waals surface area contributed by atoms with Crippen molar-refractivity contribution in [1.29, 1.82) is 0 Å². The SMILES string of the molecule is CCC[C@H](CC(=O)[C@@H]1[C@H]2CCCC2CN1C(=O)[C@@H](NC(=O)[C@@H](CC(=O)c1cccc(=O)[nH]1)C(C)(C)C)C(C)(C)C)C(=O)C(=O)C[C@@H](C)c1ccccc1. The number of Topliss-reactive ketones (excluding diaryl/α,β-unsaturated/α-hetero) is 4. The van der Waals surface area contributed by atoms with Gasteiger partial charge in [-0.05, 0) is 59.5 Å². The van der Waals surface area contributed by atoms with Crippen LogP contribution in [0.4, 0.5) is 0 Å². The van der Waals surface area contributed by atoms with Crippen LogP contribution in [-0.2, 0) is 24.0 Å². The van der Waals surface area contributed by atoms with Gasteiger partial charge in [-0.3, -0.25) is 33.6 Å². The van der Waals surface area contributed by atoms with E-state index in [1.54, 1.807) is 4.90 Å². The average Bonchev–Trinajstić information content (AvgIpc) is 3.70. The number of nitrogens with zero attached hydrogens (tertiary/aromatic N) is 1. The maximum Gasteiger partial charge on any atom is 0.248 e. The van der Waals surface area contributed by atoms with Gasteiger partial charge in [0, 0.05) is 37.8 Å². The Morgan fingerprint density at radius 3 is 2.15 bits per heavy atom. The molecule has 1 saturated carbocycles. The Balaban J connectivity index is 1.55. The summed E-state index contributed by atoms with van der Waals surface area (Å²) < 4.78 is 0. The summed E-state index contributed by atoms with van der Waals surface area (Å²) in [4.78, 5) is 99.3. The standard InChI is InChI=1S/C43H59N3O7/c1-9-15-28(38(51)35(49)22-26(2)27-16-11-10-12-17-27)23-34(48)37-30-19-13-18-29(30)25-46(37)41(53)39(43(6,7)8)45-40(52)31(42(3,4)5)24-33(47)32-20-14-21-36(50)44-32/h10-12,14,16-17,20-21,26,28-31,37,39H,9,13,15,18-19,22-25H2,1-8H3,(H,44,50)(H,45,52)/t26-,28-,29?,30+,31-,37+,39-/m1/s1. The van der Waals surface area contributed by atoms with Gasteiger partial charge in [0.2, 0.25) is 23.2 Å². The van der Waals surface area contributed by atoms with E-state index in [1.165, 1.54) is 18.2 Å². The maximum atomic E-state index is 14.7. The Morgan fingerprint density at radius 1 is 0.868 bits per heavy atom. The molecule has 10 heteroatoms. The summed E-state index contributed by atoms with van der Waals surface area (Å²) in [5.74, 6) is -4.08. The number of carbonyl (C=O) groups is 6. The third-order valence-electron chi connectivity index (χ3n) is 11.3. The number of aromatic amines is 1. The van der Waals surface area contributed by atoms with Crippen molar-refractivity contribution in [2.24, 2.45) is 34.5 Å². The molecule has 1 saturated heterocycles. The first kappa shape index (κ1) is 41.5.